The first kappa shape index (κ1) is 13.9. The summed E-state index contributed by atoms with van der Waals surface area (Å²) in [5, 5.41) is 4.62. The topological polar surface area (TPSA) is 24.4 Å². The van der Waals surface area contributed by atoms with Crippen molar-refractivity contribution in [2.75, 3.05) is 5.75 Å². The fraction of sp³-hybridized carbons (Fsp3) is 0.500. The maximum atomic E-state index is 4.74. The number of amidine groups is 1. The van der Waals surface area contributed by atoms with E-state index in [1.165, 1.54) is 17.7 Å². The third kappa shape index (κ3) is 3.75. The normalized spacial score (nSPS) is 21.3. The molecule has 4 heteroatoms. The molecule has 1 aromatic rings. The predicted molar refractivity (Wildman–Crippen MR) is 84.3 cm³/mol. The lowest BCUT2D eigenvalue weighted by Gasteiger charge is -2.23. The van der Waals surface area contributed by atoms with E-state index in [1.54, 1.807) is 0 Å². The molecule has 2 unspecified atom stereocenters. The zero-order valence-corrected chi connectivity index (χ0v) is 13.2. The van der Waals surface area contributed by atoms with E-state index in [-0.39, 0.29) is 0 Å². The molecule has 18 heavy (non-hydrogen) atoms. The lowest BCUT2D eigenvalue weighted by molar-refractivity contribution is 0.622. The minimum Gasteiger partial charge on any atom is -0.358 e. The smallest absolute Gasteiger partial charge is 0.157 e. The second-order valence-corrected chi connectivity index (χ2v) is 6.55. The molecule has 0 bridgehead atoms. The van der Waals surface area contributed by atoms with E-state index in [1.807, 2.05) is 11.8 Å². The number of hydrogen-bond acceptors (Lipinski definition) is 3. The van der Waals surface area contributed by atoms with Crippen LogP contribution in [0.1, 0.15) is 38.3 Å². The van der Waals surface area contributed by atoms with Crippen molar-refractivity contribution < 1.29 is 0 Å². The molecule has 98 valence electrons. The van der Waals surface area contributed by atoms with Gasteiger partial charge in [0, 0.05) is 10.2 Å². The van der Waals surface area contributed by atoms with Crippen LogP contribution in [0.3, 0.4) is 0 Å². The molecule has 0 aromatic heterocycles. The van der Waals surface area contributed by atoms with Crippen LogP contribution in [0.2, 0.25) is 0 Å². The first-order valence-corrected chi connectivity index (χ1v) is 8.19. The third-order valence-electron chi connectivity index (χ3n) is 3.17. The number of hydrogen-bond donors (Lipinski definition) is 1. The minimum atomic E-state index is 0.306. The molecule has 0 saturated carbocycles. The SMILES string of the molecule is CCC1CCSC(NC(C)c2ccc(Br)cc2)=N1. The van der Waals surface area contributed by atoms with Crippen molar-refractivity contribution in [2.45, 2.75) is 38.8 Å². The largest absolute Gasteiger partial charge is 0.358 e. The number of thioether (sulfide) groups is 1. The lowest BCUT2D eigenvalue weighted by atomic mass is 10.1. The van der Waals surface area contributed by atoms with Crippen LogP contribution >= 0.6 is 27.7 Å². The molecule has 0 radical (unpaired) electrons. The molecule has 2 nitrogen and oxygen atoms in total. The van der Waals surface area contributed by atoms with Gasteiger partial charge in [0.05, 0.1) is 12.1 Å². The number of nitrogens with one attached hydrogen (secondary N) is 1. The van der Waals surface area contributed by atoms with Gasteiger partial charge in [0.2, 0.25) is 0 Å². The van der Waals surface area contributed by atoms with Crippen LogP contribution in [0.4, 0.5) is 0 Å². The highest BCUT2D eigenvalue weighted by atomic mass is 79.9. The Hall–Kier alpha value is -0.480. The van der Waals surface area contributed by atoms with Gasteiger partial charge in [0.25, 0.3) is 0 Å². The van der Waals surface area contributed by atoms with Crippen LogP contribution in [0.5, 0.6) is 0 Å². The fourth-order valence-corrected chi connectivity index (χ4v) is 3.28. The molecule has 2 rings (SSSR count). The van der Waals surface area contributed by atoms with E-state index in [9.17, 15) is 0 Å². The van der Waals surface area contributed by atoms with E-state index in [0.29, 0.717) is 12.1 Å². The number of nitrogens with zero attached hydrogens (tertiary/aromatic N) is 1. The number of benzene rings is 1. The second-order valence-electron chi connectivity index (χ2n) is 4.55. The number of aliphatic imine (C=N–C) groups is 1. The quantitative estimate of drug-likeness (QED) is 0.891. The molecular formula is C14H19BrN2S. The minimum absolute atomic E-state index is 0.306. The van der Waals surface area contributed by atoms with Crippen molar-refractivity contribution in [1.29, 1.82) is 0 Å². The Balaban J connectivity index is 2.00. The summed E-state index contributed by atoms with van der Waals surface area (Å²) in [5.74, 6) is 1.18. The molecular weight excluding hydrogens is 308 g/mol. The van der Waals surface area contributed by atoms with Crippen LogP contribution < -0.4 is 5.32 Å². The van der Waals surface area contributed by atoms with E-state index < -0.39 is 0 Å². The Morgan fingerprint density at radius 1 is 1.44 bits per heavy atom. The van der Waals surface area contributed by atoms with Gasteiger partial charge in [0.1, 0.15) is 0 Å². The zero-order valence-electron chi connectivity index (χ0n) is 10.8. The van der Waals surface area contributed by atoms with E-state index in [0.717, 1.165) is 16.1 Å². The maximum Gasteiger partial charge on any atom is 0.157 e. The molecule has 1 N–H and O–H groups in total. The molecule has 1 heterocycles. The van der Waals surface area contributed by atoms with Crippen molar-refractivity contribution >= 4 is 32.9 Å². The molecule has 1 aromatic carbocycles. The van der Waals surface area contributed by atoms with Gasteiger partial charge in [-0.15, -0.1) is 0 Å². The van der Waals surface area contributed by atoms with Crippen LogP contribution in [-0.2, 0) is 0 Å². The van der Waals surface area contributed by atoms with Crippen LogP contribution in [0.25, 0.3) is 0 Å². The monoisotopic (exact) mass is 326 g/mol. The third-order valence-corrected chi connectivity index (χ3v) is 4.64. The standard InChI is InChI=1S/C14H19BrN2S/c1-3-13-8-9-18-14(17-13)16-10(2)11-4-6-12(15)7-5-11/h4-7,10,13H,3,8-9H2,1-2H3,(H,16,17). The lowest BCUT2D eigenvalue weighted by Crippen LogP contribution is -2.28. The second kappa shape index (κ2) is 6.62. The number of rotatable bonds is 3. The first-order valence-electron chi connectivity index (χ1n) is 6.41. The Bertz CT molecular complexity index is 416. The van der Waals surface area contributed by atoms with E-state index in [4.69, 9.17) is 4.99 Å². The van der Waals surface area contributed by atoms with Gasteiger partial charge in [-0.25, -0.2) is 0 Å². The Labute approximate surface area is 122 Å². The summed E-state index contributed by atoms with van der Waals surface area (Å²) in [6, 6.07) is 9.27. The average molecular weight is 327 g/mol. The summed E-state index contributed by atoms with van der Waals surface area (Å²) in [6.07, 6.45) is 2.34. The highest BCUT2D eigenvalue weighted by Crippen LogP contribution is 2.22. The van der Waals surface area contributed by atoms with E-state index in [2.05, 4.69) is 59.4 Å². The summed E-state index contributed by atoms with van der Waals surface area (Å²) >= 11 is 5.30. The Kier molecular flexibility index (Phi) is 5.13. The van der Waals surface area contributed by atoms with Crippen LogP contribution in [0.15, 0.2) is 33.7 Å². The van der Waals surface area contributed by atoms with Gasteiger partial charge in [-0.2, -0.15) is 0 Å². The molecule has 0 aliphatic carbocycles. The molecule has 0 saturated heterocycles. The van der Waals surface area contributed by atoms with Crippen molar-refractivity contribution in [3.05, 3.63) is 34.3 Å². The predicted octanol–water partition coefficient (Wildman–Crippen LogP) is 4.37. The van der Waals surface area contributed by atoms with Gasteiger partial charge in [0.15, 0.2) is 5.17 Å². The number of halogens is 1. The summed E-state index contributed by atoms with van der Waals surface area (Å²) in [7, 11) is 0. The average Bonchev–Trinajstić information content (AvgIpc) is 2.39. The molecule has 0 amide bonds. The molecule has 1 aliphatic rings. The summed E-state index contributed by atoms with van der Waals surface area (Å²) in [4.78, 5) is 4.74. The highest BCUT2D eigenvalue weighted by Gasteiger charge is 2.15. The zero-order chi connectivity index (χ0) is 13.0. The van der Waals surface area contributed by atoms with Gasteiger partial charge < -0.3 is 5.32 Å². The van der Waals surface area contributed by atoms with Gasteiger partial charge in [-0.05, 0) is 37.5 Å². The molecule has 1 aliphatic heterocycles. The van der Waals surface area contributed by atoms with Gasteiger partial charge in [-0.1, -0.05) is 46.7 Å². The van der Waals surface area contributed by atoms with Crippen molar-refractivity contribution in [1.82, 2.24) is 5.32 Å². The first-order chi connectivity index (χ1) is 8.69. The van der Waals surface area contributed by atoms with Crippen molar-refractivity contribution in [3.8, 4) is 0 Å². The fourth-order valence-electron chi connectivity index (χ4n) is 1.95. The highest BCUT2D eigenvalue weighted by molar-refractivity contribution is 9.10. The maximum absolute atomic E-state index is 4.74. The Morgan fingerprint density at radius 2 is 2.17 bits per heavy atom. The summed E-state index contributed by atoms with van der Waals surface area (Å²) in [5.41, 5.74) is 1.29. The van der Waals surface area contributed by atoms with Crippen molar-refractivity contribution in [2.24, 2.45) is 4.99 Å². The van der Waals surface area contributed by atoms with E-state index >= 15 is 0 Å². The molecule has 0 fully saturated rings. The van der Waals surface area contributed by atoms with Gasteiger partial charge in [-0.3, -0.25) is 4.99 Å². The molecule has 0 spiro atoms. The summed E-state index contributed by atoms with van der Waals surface area (Å²) < 4.78 is 1.12. The Morgan fingerprint density at radius 3 is 2.83 bits per heavy atom. The summed E-state index contributed by atoms with van der Waals surface area (Å²) in [6.45, 7) is 4.39. The van der Waals surface area contributed by atoms with Crippen LogP contribution in [0, 0.1) is 0 Å². The molecule has 2 atom stereocenters. The van der Waals surface area contributed by atoms with Crippen molar-refractivity contribution in [3.63, 3.8) is 0 Å². The van der Waals surface area contributed by atoms with Gasteiger partial charge >= 0.3 is 0 Å². The van der Waals surface area contributed by atoms with Crippen LogP contribution in [-0.4, -0.2) is 17.0 Å².